The van der Waals surface area contributed by atoms with Gasteiger partial charge >= 0.3 is 0 Å². The summed E-state index contributed by atoms with van der Waals surface area (Å²) in [7, 11) is 4.02. The zero-order chi connectivity index (χ0) is 8.55. The van der Waals surface area contributed by atoms with E-state index in [0.29, 0.717) is 0 Å². The van der Waals surface area contributed by atoms with Crippen LogP contribution in [0, 0.1) is 0 Å². The highest BCUT2D eigenvalue weighted by molar-refractivity contribution is 5.20. The predicted molar refractivity (Wildman–Crippen MR) is 48.9 cm³/mol. The number of aryl methyl sites for hydroxylation is 2. The van der Waals surface area contributed by atoms with Crippen LogP contribution >= 0.6 is 0 Å². The molecule has 12 heavy (non-hydrogen) atoms. The summed E-state index contributed by atoms with van der Waals surface area (Å²) in [6.45, 7) is 0. The number of hydrogen-bond donors (Lipinski definition) is 0. The zero-order valence-corrected chi connectivity index (χ0v) is 7.75. The van der Waals surface area contributed by atoms with Crippen molar-refractivity contribution < 1.29 is 0 Å². The topological polar surface area (TPSA) is 21.1 Å². The maximum Gasteiger partial charge on any atom is 0.0677 e. The molecule has 0 radical (unpaired) electrons. The maximum atomic E-state index is 4.49. The maximum absolute atomic E-state index is 4.49. The van der Waals surface area contributed by atoms with Crippen LogP contribution in [0.1, 0.15) is 24.1 Å². The molecule has 0 aromatic carbocycles. The number of rotatable bonds is 1. The quantitative estimate of drug-likeness (QED) is 0.618. The van der Waals surface area contributed by atoms with Crippen molar-refractivity contribution in [1.29, 1.82) is 0 Å². The number of hydrogen-bond acceptors (Lipinski definition) is 2. The summed E-state index contributed by atoms with van der Waals surface area (Å²) in [6.07, 6.45) is 7.15. The first-order chi connectivity index (χ1) is 5.77. The molecule has 3 nitrogen and oxygen atoms in total. The molecule has 1 aliphatic carbocycles. The molecule has 0 N–H and O–H groups in total. The highest BCUT2D eigenvalue weighted by Crippen LogP contribution is 2.18. The molecule has 2 rings (SSSR count). The first-order valence-corrected chi connectivity index (χ1v) is 4.52. The lowest BCUT2D eigenvalue weighted by atomic mass is 9.99. The van der Waals surface area contributed by atoms with Crippen molar-refractivity contribution in [1.82, 2.24) is 9.89 Å². The minimum atomic E-state index is 1.16. The lowest BCUT2D eigenvalue weighted by Gasteiger charge is -2.10. The molecule has 1 aromatic rings. The monoisotopic (exact) mass is 165 g/mol. The van der Waals surface area contributed by atoms with E-state index in [4.69, 9.17) is 0 Å². The van der Waals surface area contributed by atoms with Crippen molar-refractivity contribution >= 4 is 0 Å². The summed E-state index contributed by atoms with van der Waals surface area (Å²) in [4.78, 5) is 1.93. The van der Waals surface area contributed by atoms with Gasteiger partial charge in [0.15, 0.2) is 0 Å². The van der Waals surface area contributed by atoms with E-state index in [1.807, 2.05) is 23.9 Å². The summed E-state index contributed by atoms with van der Waals surface area (Å²) in [5.74, 6) is 0. The van der Waals surface area contributed by atoms with E-state index in [0.717, 1.165) is 6.42 Å². The van der Waals surface area contributed by atoms with Crippen LogP contribution in [0.15, 0.2) is 6.20 Å². The van der Waals surface area contributed by atoms with Gasteiger partial charge in [0.1, 0.15) is 0 Å². The Hall–Kier alpha value is -0.990. The Kier molecular flexibility index (Phi) is 1.79. The molecule has 3 heteroatoms. The second-order valence-electron chi connectivity index (χ2n) is 3.58. The molecule has 0 amide bonds. The van der Waals surface area contributed by atoms with Gasteiger partial charge in [-0.1, -0.05) is 0 Å². The molecule has 0 unspecified atom stereocenters. The van der Waals surface area contributed by atoms with Crippen LogP contribution in [0.4, 0.5) is 0 Å². The fourth-order valence-corrected chi connectivity index (χ4v) is 1.66. The average molecular weight is 165 g/mol. The van der Waals surface area contributed by atoms with Gasteiger partial charge in [-0.25, -0.2) is 0 Å². The first-order valence-electron chi connectivity index (χ1n) is 4.52. The Morgan fingerprint density at radius 2 is 2.08 bits per heavy atom. The van der Waals surface area contributed by atoms with Crippen molar-refractivity contribution in [3.8, 4) is 0 Å². The van der Waals surface area contributed by atoms with Gasteiger partial charge in [-0.15, -0.1) is 0 Å². The number of nitrogens with zero attached hydrogens (tertiary/aromatic N) is 3. The third kappa shape index (κ3) is 1.19. The van der Waals surface area contributed by atoms with E-state index in [1.54, 1.807) is 0 Å². The van der Waals surface area contributed by atoms with Crippen LogP contribution in [-0.2, 0) is 12.8 Å². The van der Waals surface area contributed by atoms with Gasteiger partial charge in [0.2, 0.25) is 0 Å². The predicted octanol–water partition coefficient (Wildman–Crippen LogP) is 0.959. The second-order valence-corrected chi connectivity index (χ2v) is 3.58. The largest absolute Gasteiger partial charge is 0.303 e. The Morgan fingerprint density at radius 1 is 1.33 bits per heavy atom. The van der Waals surface area contributed by atoms with Crippen molar-refractivity contribution in [3.63, 3.8) is 0 Å². The van der Waals surface area contributed by atoms with Gasteiger partial charge in [0, 0.05) is 14.1 Å². The molecule has 0 saturated heterocycles. The van der Waals surface area contributed by atoms with Crippen molar-refractivity contribution in [2.45, 2.75) is 25.7 Å². The summed E-state index contributed by atoms with van der Waals surface area (Å²) in [6, 6.07) is 0. The minimum absolute atomic E-state index is 1.16. The summed E-state index contributed by atoms with van der Waals surface area (Å²) in [5, 5.41) is 6.49. The number of fused-ring (bicyclic) bond motifs is 1. The molecular weight excluding hydrogens is 150 g/mol. The van der Waals surface area contributed by atoms with E-state index in [2.05, 4.69) is 11.3 Å². The molecule has 0 atom stereocenters. The van der Waals surface area contributed by atoms with Gasteiger partial charge in [-0.05, 0) is 31.2 Å². The van der Waals surface area contributed by atoms with Crippen molar-refractivity contribution in [2.75, 3.05) is 19.1 Å². The van der Waals surface area contributed by atoms with Crippen LogP contribution in [0.2, 0.25) is 0 Å². The third-order valence-electron chi connectivity index (χ3n) is 2.38. The first kappa shape index (κ1) is 7.65. The third-order valence-corrected chi connectivity index (χ3v) is 2.38. The van der Waals surface area contributed by atoms with E-state index in [1.165, 1.54) is 30.5 Å². The van der Waals surface area contributed by atoms with Gasteiger partial charge in [0.05, 0.1) is 11.9 Å². The molecule has 1 aromatic heterocycles. The number of aromatic nitrogens is 2. The van der Waals surface area contributed by atoms with E-state index in [9.17, 15) is 0 Å². The van der Waals surface area contributed by atoms with E-state index >= 15 is 0 Å². The molecule has 0 spiro atoms. The van der Waals surface area contributed by atoms with Crippen LogP contribution < -0.4 is 5.01 Å². The lowest BCUT2D eigenvalue weighted by Crippen LogP contribution is -2.25. The standard InChI is InChI=1S/C9H15N3/c1-11(2)12-7-8-5-3-4-6-9(8)10-12/h7H,3-6H2,1-2H3. The highest BCUT2D eigenvalue weighted by Gasteiger charge is 2.13. The van der Waals surface area contributed by atoms with Gasteiger partial charge in [0.25, 0.3) is 0 Å². The second kappa shape index (κ2) is 2.81. The molecule has 0 fully saturated rings. The van der Waals surface area contributed by atoms with Crippen LogP contribution in [0.5, 0.6) is 0 Å². The van der Waals surface area contributed by atoms with Crippen LogP contribution in [0.25, 0.3) is 0 Å². The molecule has 1 aliphatic rings. The molecule has 0 bridgehead atoms. The molecule has 1 heterocycles. The lowest BCUT2D eigenvalue weighted by molar-refractivity contribution is 0.618. The summed E-state index contributed by atoms with van der Waals surface area (Å²) < 4.78 is 0. The minimum Gasteiger partial charge on any atom is -0.303 e. The van der Waals surface area contributed by atoms with Crippen molar-refractivity contribution in [2.24, 2.45) is 0 Å². The zero-order valence-electron chi connectivity index (χ0n) is 7.75. The van der Waals surface area contributed by atoms with E-state index < -0.39 is 0 Å². The molecule has 66 valence electrons. The Bertz CT molecular complexity index is 252. The fourth-order valence-electron chi connectivity index (χ4n) is 1.66. The molecular formula is C9H15N3. The van der Waals surface area contributed by atoms with Gasteiger partial charge in [-0.2, -0.15) is 9.89 Å². The normalized spacial score (nSPS) is 15.8. The average Bonchev–Trinajstić information content (AvgIpc) is 2.46. The van der Waals surface area contributed by atoms with E-state index in [-0.39, 0.29) is 0 Å². The van der Waals surface area contributed by atoms with Crippen LogP contribution in [0.3, 0.4) is 0 Å². The fraction of sp³-hybridized carbons (Fsp3) is 0.667. The Balaban J connectivity index is 2.32. The van der Waals surface area contributed by atoms with Gasteiger partial charge < -0.3 is 5.01 Å². The SMILES string of the molecule is CN(C)n1cc2c(n1)CCCC2. The van der Waals surface area contributed by atoms with Crippen LogP contribution in [-0.4, -0.2) is 24.0 Å². The van der Waals surface area contributed by atoms with Gasteiger partial charge in [-0.3, -0.25) is 0 Å². The van der Waals surface area contributed by atoms with Crippen molar-refractivity contribution in [3.05, 3.63) is 17.5 Å². The summed E-state index contributed by atoms with van der Waals surface area (Å²) in [5.41, 5.74) is 2.74. The molecule has 0 aliphatic heterocycles. The Morgan fingerprint density at radius 3 is 2.75 bits per heavy atom. The highest BCUT2D eigenvalue weighted by atomic mass is 15.6. The summed E-state index contributed by atoms with van der Waals surface area (Å²) >= 11 is 0. The Labute approximate surface area is 73.0 Å². The smallest absolute Gasteiger partial charge is 0.0677 e. The molecule has 0 saturated carbocycles.